The minimum Gasteiger partial charge on any atom is -0.383 e. The van der Waals surface area contributed by atoms with E-state index in [1.807, 2.05) is 6.92 Å². The van der Waals surface area contributed by atoms with Gasteiger partial charge in [0.05, 0.1) is 12.3 Å². The summed E-state index contributed by atoms with van der Waals surface area (Å²) in [7, 11) is 1.60. The minimum atomic E-state index is -0.911. The predicted octanol–water partition coefficient (Wildman–Crippen LogP) is 2.19. The van der Waals surface area contributed by atoms with E-state index in [9.17, 15) is 8.78 Å². The van der Waals surface area contributed by atoms with Crippen LogP contribution in [0.3, 0.4) is 0 Å². The van der Waals surface area contributed by atoms with E-state index in [1.54, 1.807) is 14.0 Å². The monoisotopic (exact) mass is 301 g/mol. The number of rotatable bonds is 5. The maximum absolute atomic E-state index is 13.1. The van der Waals surface area contributed by atoms with Crippen LogP contribution < -0.4 is 10.7 Å². The molecule has 2 N–H and O–H groups in total. The van der Waals surface area contributed by atoms with Crippen LogP contribution in [0.25, 0.3) is 0 Å². The summed E-state index contributed by atoms with van der Waals surface area (Å²) >= 11 is 5.04. The standard InChI is InChI=1S/C13H17F2N3OS/c1-8(7-19-3)16-13(20)18-17-9(2)10-4-5-11(14)12(15)6-10/h4-6,8H,7H2,1-3H3,(H2,16,18,20)/b17-9-/t8-/m0/s1. The van der Waals surface area contributed by atoms with Crippen LogP contribution in [0.15, 0.2) is 23.3 Å². The third-order valence-corrected chi connectivity index (χ3v) is 2.67. The van der Waals surface area contributed by atoms with Gasteiger partial charge < -0.3 is 10.1 Å². The zero-order valence-electron chi connectivity index (χ0n) is 11.5. The van der Waals surface area contributed by atoms with E-state index in [0.29, 0.717) is 23.0 Å². The summed E-state index contributed by atoms with van der Waals surface area (Å²) in [6.45, 7) is 4.08. The van der Waals surface area contributed by atoms with E-state index in [1.165, 1.54) is 6.07 Å². The molecule has 20 heavy (non-hydrogen) atoms. The largest absolute Gasteiger partial charge is 0.383 e. The maximum Gasteiger partial charge on any atom is 0.187 e. The molecule has 0 saturated heterocycles. The van der Waals surface area contributed by atoms with E-state index < -0.39 is 11.6 Å². The zero-order chi connectivity index (χ0) is 15.1. The van der Waals surface area contributed by atoms with Gasteiger partial charge in [0.1, 0.15) is 0 Å². The molecule has 0 spiro atoms. The van der Waals surface area contributed by atoms with Gasteiger partial charge >= 0.3 is 0 Å². The van der Waals surface area contributed by atoms with Gasteiger partial charge in [-0.3, -0.25) is 5.43 Å². The number of thiocarbonyl (C=S) groups is 1. The minimum absolute atomic E-state index is 0.0405. The number of hydrogen-bond acceptors (Lipinski definition) is 3. The highest BCUT2D eigenvalue weighted by Crippen LogP contribution is 2.09. The summed E-state index contributed by atoms with van der Waals surface area (Å²) in [6, 6.07) is 3.63. The van der Waals surface area contributed by atoms with E-state index in [4.69, 9.17) is 17.0 Å². The van der Waals surface area contributed by atoms with Crippen LogP contribution in [0.5, 0.6) is 0 Å². The third kappa shape index (κ3) is 5.18. The number of ether oxygens (including phenoxy) is 1. The summed E-state index contributed by atoms with van der Waals surface area (Å²) in [6.07, 6.45) is 0. The average Bonchev–Trinajstić information content (AvgIpc) is 2.39. The molecule has 1 aromatic carbocycles. The summed E-state index contributed by atoms with van der Waals surface area (Å²) in [4.78, 5) is 0. The van der Waals surface area contributed by atoms with Crippen LogP contribution in [0.1, 0.15) is 19.4 Å². The molecule has 0 unspecified atom stereocenters. The van der Waals surface area contributed by atoms with Crippen molar-refractivity contribution in [1.82, 2.24) is 10.7 Å². The van der Waals surface area contributed by atoms with Crippen LogP contribution >= 0.6 is 12.2 Å². The summed E-state index contributed by atoms with van der Waals surface area (Å²) in [5.74, 6) is -1.80. The molecule has 0 fully saturated rings. The lowest BCUT2D eigenvalue weighted by Gasteiger charge is -2.14. The highest BCUT2D eigenvalue weighted by Gasteiger charge is 2.06. The number of hydrogen-bond donors (Lipinski definition) is 2. The smallest absolute Gasteiger partial charge is 0.187 e. The van der Waals surface area contributed by atoms with Crippen molar-refractivity contribution in [2.75, 3.05) is 13.7 Å². The van der Waals surface area contributed by atoms with Gasteiger partial charge in [-0.25, -0.2) is 8.78 Å². The molecule has 110 valence electrons. The molecule has 1 rings (SSSR count). The first-order valence-corrected chi connectivity index (χ1v) is 6.40. The number of methoxy groups -OCH3 is 1. The van der Waals surface area contributed by atoms with E-state index >= 15 is 0 Å². The van der Waals surface area contributed by atoms with Crippen LogP contribution in [-0.2, 0) is 4.74 Å². The third-order valence-electron chi connectivity index (χ3n) is 2.46. The molecule has 4 nitrogen and oxygen atoms in total. The molecule has 0 bridgehead atoms. The quantitative estimate of drug-likeness (QED) is 0.497. The van der Waals surface area contributed by atoms with Crippen molar-refractivity contribution in [2.45, 2.75) is 19.9 Å². The van der Waals surface area contributed by atoms with Crippen LogP contribution in [0.4, 0.5) is 8.78 Å². The van der Waals surface area contributed by atoms with Gasteiger partial charge in [0.15, 0.2) is 16.7 Å². The summed E-state index contributed by atoms with van der Waals surface area (Å²) in [5, 5.41) is 7.30. The Kier molecular flexibility index (Phi) is 6.47. The fourth-order valence-corrected chi connectivity index (χ4v) is 1.71. The topological polar surface area (TPSA) is 45.6 Å². The lowest BCUT2D eigenvalue weighted by molar-refractivity contribution is 0.179. The Labute approximate surface area is 122 Å². The van der Waals surface area contributed by atoms with Crippen LogP contribution in [0, 0.1) is 11.6 Å². The molecule has 0 radical (unpaired) electrons. The molecular weight excluding hydrogens is 284 g/mol. The van der Waals surface area contributed by atoms with Crippen molar-refractivity contribution in [2.24, 2.45) is 5.10 Å². The molecule has 1 aromatic rings. The second kappa shape index (κ2) is 7.86. The number of nitrogens with one attached hydrogen (secondary N) is 2. The summed E-state index contributed by atoms with van der Waals surface area (Å²) < 4.78 is 30.9. The fraction of sp³-hybridized carbons (Fsp3) is 0.385. The Hall–Kier alpha value is -1.60. The number of nitrogens with zero attached hydrogens (tertiary/aromatic N) is 1. The molecule has 0 aliphatic carbocycles. The van der Waals surface area contributed by atoms with E-state index in [0.717, 1.165) is 12.1 Å². The lowest BCUT2D eigenvalue weighted by Crippen LogP contribution is -2.40. The average molecular weight is 301 g/mol. The number of halogens is 2. The molecule has 0 saturated carbocycles. The summed E-state index contributed by atoms with van der Waals surface area (Å²) in [5.41, 5.74) is 3.61. The zero-order valence-corrected chi connectivity index (χ0v) is 12.4. The van der Waals surface area contributed by atoms with Crippen molar-refractivity contribution in [3.8, 4) is 0 Å². The van der Waals surface area contributed by atoms with Crippen molar-refractivity contribution in [3.05, 3.63) is 35.4 Å². The van der Waals surface area contributed by atoms with Gasteiger partial charge in [0.25, 0.3) is 0 Å². The Bertz CT molecular complexity index is 508. The molecular formula is C13H17F2N3OS. The first-order chi connectivity index (χ1) is 9.43. The van der Waals surface area contributed by atoms with E-state index in [2.05, 4.69) is 15.8 Å². The molecule has 0 heterocycles. The van der Waals surface area contributed by atoms with Crippen molar-refractivity contribution >= 4 is 23.0 Å². The molecule has 0 amide bonds. The van der Waals surface area contributed by atoms with Crippen LogP contribution in [0.2, 0.25) is 0 Å². The van der Waals surface area contributed by atoms with Gasteiger partial charge in [-0.2, -0.15) is 5.10 Å². The normalized spacial score (nSPS) is 12.9. The second-order valence-corrected chi connectivity index (χ2v) is 4.68. The van der Waals surface area contributed by atoms with Crippen LogP contribution in [-0.4, -0.2) is 30.6 Å². The van der Waals surface area contributed by atoms with Gasteiger partial charge in [0, 0.05) is 18.7 Å². The molecule has 0 aliphatic heterocycles. The van der Waals surface area contributed by atoms with Crippen molar-refractivity contribution in [1.29, 1.82) is 0 Å². The van der Waals surface area contributed by atoms with Gasteiger partial charge in [-0.15, -0.1) is 0 Å². The number of hydrazone groups is 1. The SMILES string of the molecule is COC[C@H](C)NC(=S)N/N=C(/C)c1ccc(F)c(F)c1. The Morgan fingerprint density at radius 1 is 1.40 bits per heavy atom. The number of benzene rings is 1. The van der Waals surface area contributed by atoms with Gasteiger partial charge in [-0.1, -0.05) is 0 Å². The van der Waals surface area contributed by atoms with Gasteiger partial charge in [0.2, 0.25) is 0 Å². The predicted molar refractivity (Wildman–Crippen MR) is 78.8 cm³/mol. The Morgan fingerprint density at radius 3 is 2.70 bits per heavy atom. The second-order valence-electron chi connectivity index (χ2n) is 4.27. The first kappa shape index (κ1) is 16.5. The highest BCUT2D eigenvalue weighted by atomic mass is 32.1. The van der Waals surface area contributed by atoms with Crippen molar-refractivity contribution in [3.63, 3.8) is 0 Å². The highest BCUT2D eigenvalue weighted by molar-refractivity contribution is 7.80. The lowest BCUT2D eigenvalue weighted by atomic mass is 10.1. The first-order valence-electron chi connectivity index (χ1n) is 5.99. The molecule has 1 atom stereocenters. The molecule has 0 aromatic heterocycles. The van der Waals surface area contributed by atoms with Gasteiger partial charge in [-0.05, 0) is 44.3 Å². The fourth-order valence-electron chi connectivity index (χ4n) is 1.47. The Balaban J connectivity index is 2.60. The van der Waals surface area contributed by atoms with Crippen molar-refractivity contribution < 1.29 is 13.5 Å². The van der Waals surface area contributed by atoms with E-state index in [-0.39, 0.29) is 6.04 Å². The molecule has 0 aliphatic rings. The maximum atomic E-state index is 13.1. The Morgan fingerprint density at radius 2 is 2.10 bits per heavy atom. The molecule has 7 heteroatoms.